The quantitative estimate of drug-likeness (QED) is 0.705. The van der Waals surface area contributed by atoms with Gasteiger partial charge in [-0.1, -0.05) is 0 Å². The van der Waals surface area contributed by atoms with Gasteiger partial charge in [-0.05, 0) is 45.7 Å². The molecule has 4 nitrogen and oxygen atoms in total. The Morgan fingerprint density at radius 1 is 1.31 bits per heavy atom. The van der Waals surface area contributed by atoms with Crippen molar-refractivity contribution in [2.24, 2.45) is 0 Å². The fraction of sp³-hybridized carbons (Fsp3) is 0.545. The van der Waals surface area contributed by atoms with Crippen molar-refractivity contribution < 1.29 is 5.11 Å². The maximum atomic E-state index is 9.98. The average molecular weight is 241 g/mol. The Kier molecular flexibility index (Phi) is 3.70. The maximum absolute atomic E-state index is 9.98. The monoisotopic (exact) mass is 241 g/mol. The molecule has 0 atom stereocenters. The maximum Gasteiger partial charge on any atom is 0.0749 e. The largest absolute Gasteiger partial charge is 0.397 e. The molecule has 1 aromatic rings. The Labute approximate surface area is 101 Å². The molecule has 16 heavy (non-hydrogen) atoms. The normalized spacial score (nSPS) is 12.6. The third-order valence-electron chi connectivity index (χ3n) is 2.66. The van der Waals surface area contributed by atoms with Gasteiger partial charge in [-0.25, -0.2) is 0 Å². The lowest BCUT2D eigenvalue weighted by atomic mass is 9.94. The summed E-state index contributed by atoms with van der Waals surface area (Å²) in [6.07, 6.45) is 3.29. The summed E-state index contributed by atoms with van der Waals surface area (Å²) in [7, 11) is 0. The molecule has 0 aromatic carbocycles. The number of aromatic nitrogens is 1. The number of nitrogens with two attached hydrogens (primary N) is 1. The molecule has 1 heterocycles. The highest BCUT2D eigenvalue weighted by molar-refractivity contribution is 8.01. The number of anilines is 2. The smallest absolute Gasteiger partial charge is 0.0749 e. The summed E-state index contributed by atoms with van der Waals surface area (Å²) in [5, 5.41) is 9.98. The van der Waals surface area contributed by atoms with Crippen molar-refractivity contribution in [3.8, 4) is 0 Å². The fourth-order valence-electron chi connectivity index (χ4n) is 0.825. The molecule has 90 valence electrons. The first kappa shape index (κ1) is 13.1. The molecule has 0 aliphatic rings. The number of rotatable bonds is 4. The number of nitrogens with one attached hydrogen (secondary N) is 1. The molecule has 0 radical (unpaired) electrons. The van der Waals surface area contributed by atoms with E-state index in [1.54, 1.807) is 32.3 Å². The lowest BCUT2D eigenvalue weighted by molar-refractivity contribution is 0.0494. The number of nitrogens with zero attached hydrogens (tertiary/aromatic N) is 1. The van der Waals surface area contributed by atoms with E-state index in [4.69, 9.17) is 5.73 Å². The van der Waals surface area contributed by atoms with Gasteiger partial charge in [-0.2, -0.15) is 0 Å². The van der Waals surface area contributed by atoms with E-state index in [-0.39, 0.29) is 4.75 Å². The number of aliphatic hydroxyl groups is 1. The van der Waals surface area contributed by atoms with Crippen LogP contribution >= 0.6 is 11.9 Å². The Balaban J connectivity index is 2.65. The van der Waals surface area contributed by atoms with Gasteiger partial charge in [0.05, 0.1) is 27.9 Å². The average Bonchev–Trinajstić information content (AvgIpc) is 2.13. The van der Waals surface area contributed by atoms with Crippen LogP contribution in [0.5, 0.6) is 0 Å². The number of hydrogen-bond donors (Lipinski definition) is 3. The van der Waals surface area contributed by atoms with Crippen molar-refractivity contribution in [1.29, 1.82) is 0 Å². The van der Waals surface area contributed by atoms with Gasteiger partial charge in [-0.3, -0.25) is 4.98 Å². The van der Waals surface area contributed by atoms with Crippen molar-refractivity contribution in [3.05, 3.63) is 18.5 Å². The highest BCUT2D eigenvalue weighted by atomic mass is 32.2. The molecular formula is C11H19N3OS. The van der Waals surface area contributed by atoms with Gasteiger partial charge in [0.25, 0.3) is 0 Å². The standard InChI is InChI=1S/C11H19N3OS/c1-10(2,15)11(3,4)16-14-9-5-8(12)6-13-7-9/h5-7,14-15H,12H2,1-4H3. The highest BCUT2D eigenvalue weighted by Gasteiger charge is 2.36. The summed E-state index contributed by atoms with van der Waals surface area (Å²) in [6, 6.07) is 1.81. The molecule has 1 aromatic heterocycles. The van der Waals surface area contributed by atoms with Crippen LogP contribution in [-0.4, -0.2) is 20.4 Å². The minimum absolute atomic E-state index is 0.322. The van der Waals surface area contributed by atoms with Gasteiger partial charge < -0.3 is 15.6 Å². The minimum Gasteiger partial charge on any atom is -0.397 e. The van der Waals surface area contributed by atoms with Gasteiger partial charge in [0.15, 0.2) is 0 Å². The molecular weight excluding hydrogens is 222 g/mol. The van der Waals surface area contributed by atoms with Crippen molar-refractivity contribution in [2.75, 3.05) is 10.5 Å². The number of pyridine rings is 1. The van der Waals surface area contributed by atoms with E-state index in [0.717, 1.165) is 5.69 Å². The summed E-state index contributed by atoms with van der Waals surface area (Å²) in [4.78, 5) is 3.98. The molecule has 5 heteroatoms. The zero-order valence-corrected chi connectivity index (χ0v) is 10.9. The molecule has 0 saturated heterocycles. The van der Waals surface area contributed by atoms with E-state index in [2.05, 4.69) is 9.71 Å². The van der Waals surface area contributed by atoms with E-state index >= 15 is 0 Å². The molecule has 0 aliphatic heterocycles. The van der Waals surface area contributed by atoms with Crippen LogP contribution in [-0.2, 0) is 0 Å². The molecule has 0 spiro atoms. The summed E-state index contributed by atoms with van der Waals surface area (Å²) in [5.41, 5.74) is 6.30. The van der Waals surface area contributed by atoms with Crippen molar-refractivity contribution >= 4 is 23.3 Å². The Morgan fingerprint density at radius 3 is 2.44 bits per heavy atom. The highest BCUT2D eigenvalue weighted by Crippen LogP contribution is 2.35. The second kappa shape index (κ2) is 4.51. The van der Waals surface area contributed by atoms with Crippen molar-refractivity contribution in [2.45, 2.75) is 38.0 Å². The van der Waals surface area contributed by atoms with Crippen LogP contribution in [0.1, 0.15) is 27.7 Å². The lowest BCUT2D eigenvalue weighted by Gasteiger charge is -2.36. The SMILES string of the molecule is CC(C)(O)C(C)(C)SNc1cncc(N)c1. The molecule has 4 N–H and O–H groups in total. The van der Waals surface area contributed by atoms with Crippen molar-refractivity contribution in [1.82, 2.24) is 4.98 Å². The first-order chi connectivity index (χ1) is 7.22. The van der Waals surface area contributed by atoms with Crippen molar-refractivity contribution in [3.63, 3.8) is 0 Å². The Bertz CT molecular complexity index is 360. The summed E-state index contributed by atoms with van der Waals surface area (Å²) < 4.78 is 2.82. The van der Waals surface area contributed by atoms with Gasteiger partial charge in [-0.15, -0.1) is 0 Å². The van der Waals surface area contributed by atoms with Crippen LogP contribution in [0.3, 0.4) is 0 Å². The third-order valence-corrected chi connectivity index (χ3v) is 4.00. The van der Waals surface area contributed by atoms with Crippen LogP contribution in [0.25, 0.3) is 0 Å². The number of nitrogen functional groups attached to an aromatic ring is 1. The van der Waals surface area contributed by atoms with Gasteiger partial charge in [0.1, 0.15) is 0 Å². The van der Waals surface area contributed by atoms with E-state index < -0.39 is 5.60 Å². The zero-order valence-electron chi connectivity index (χ0n) is 10.1. The summed E-state index contributed by atoms with van der Waals surface area (Å²) >= 11 is 1.45. The topological polar surface area (TPSA) is 71.2 Å². The second-order valence-electron chi connectivity index (χ2n) is 4.78. The van der Waals surface area contributed by atoms with E-state index in [0.29, 0.717) is 5.69 Å². The summed E-state index contributed by atoms with van der Waals surface area (Å²) in [5.74, 6) is 0. The third kappa shape index (κ3) is 3.28. The molecule has 0 fully saturated rings. The summed E-state index contributed by atoms with van der Waals surface area (Å²) in [6.45, 7) is 7.54. The molecule has 0 bridgehead atoms. The minimum atomic E-state index is -0.779. The van der Waals surface area contributed by atoms with Gasteiger partial charge in [0.2, 0.25) is 0 Å². The predicted molar refractivity (Wildman–Crippen MR) is 70.2 cm³/mol. The molecule has 0 aliphatic carbocycles. The van der Waals surface area contributed by atoms with E-state index in [1.165, 1.54) is 11.9 Å². The fourth-order valence-corrected chi connectivity index (χ4v) is 1.56. The Morgan fingerprint density at radius 2 is 1.94 bits per heavy atom. The lowest BCUT2D eigenvalue weighted by Crippen LogP contribution is -2.43. The van der Waals surface area contributed by atoms with Crippen LogP contribution in [0.15, 0.2) is 18.5 Å². The molecule has 0 saturated carbocycles. The van der Waals surface area contributed by atoms with E-state index in [1.807, 2.05) is 13.8 Å². The first-order valence-electron chi connectivity index (χ1n) is 5.09. The molecule has 0 unspecified atom stereocenters. The second-order valence-corrected chi connectivity index (χ2v) is 6.21. The molecule has 0 amide bonds. The van der Waals surface area contributed by atoms with Gasteiger partial charge >= 0.3 is 0 Å². The van der Waals surface area contributed by atoms with Gasteiger partial charge in [0, 0.05) is 6.20 Å². The first-order valence-corrected chi connectivity index (χ1v) is 5.91. The zero-order chi connectivity index (χ0) is 12.4. The molecule has 1 rings (SSSR count). The van der Waals surface area contributed by atoms with Crippen LogP contribution in [0.2, 0.25) is 0 Å². The van der Waals surface area contributed by atoms with Crippen LogP contribution < -0.4 is 10.5 Å². The number of hydrogen-bond acceptors (Lipinski definition) is 5. The van der Waals surface area contributed by atoms with Crippen LogP contribution in [0.4, 0.5) is 11.4 Å². The predicted octanol–water partition coefficient (Wildman–Crippen LogP) is 2.27. The Hall–Kier alpha value is -0.940. The van der Waals surface area contributed by atoms with Crippen LogP contribution in [0, 0.1) is 0 Å². The van der Waals surface area contributed by atoms with E-state index in [9.17, 15) is 5.11 Å².